The van der Waals surface area contributed by atoms with Crippen LogP contribution in [0.25, 0.3) is 0 Å². The lowest BCUT2D eigenvalue weighted by molar-refractivity contribution is 0.387. The van der Waals surface area contributed by atoms with E-state index in [2.05, 4.69) is 30.6 Å². The summed E-state index contributed by atoms with van der Waals surface area (Å²) in [6.45, 7) is 4.54. The average Bonchev–Trinajstić information content (AvgIpc) is 3.23. The third-order valence-corrected chi connectivity index (χ3v) is 6.34. The van der Waals surface area contributed by atoms with Crippen LogP contribution in [0.4, 0.5) is 0 Å². The molecular weight excluding hydrogens is 294 g/mol. The molecule has 0 bridgehead atoms. The molecule has 3 atom stereocenters. The molecule has 3 aliphatic carbocycles. The fraction of sp³-hybridized carbons (Fsp3) is 0.722. The van der Waals surface area contributed by atoms with Gasteiger partial charge in [-0.1, -0.05) is 32.3 Å². The molecule has 4 aliphatic rings. The van der Waals surface area contributed by atoms with Crippen LogP contribution < -0.4 is 10.6 Å². The quantitative estimate of drug-likeness (QED) is 0.769. The molecule has 4 rings (SSSR count). The number of fused-ring (bicyclic) bond motifs is 3. The average molecular weight is 320 g/mol. The van der Waals surface area contributed by atoms with Gasteiger partial charge in [-0.05, 0) is 61.1 Å². The molecule has 22 heavy (non-hydrogen) atoms. The van der Waals surface area contributed by atoms with E-state index in [4.69, 9.17) is 16.6 Å². The molecule has 120 valence electrons. The van der Waals surface area contributed by atoms with Gasteiger partial charge in [-0.15, -0.1) is 0 Å². The first kappa shape index (κ1) is 14.6. The first-order valence-electron chi connectivity index (χ1n) is 8.84. The highest BCUT2D eigenvalue weighted by atomic mass is 35.5. The molecule has 1 aliphatic heterocycles. The molecule has 2 N–H and O–H groups in total. The van der Waals surface area contributed by atoms with Crippen LogP contribution in [0.1, 0.15) is 58.8 Å². The maximum atomic E-state index is 6.31. The van der Waals surface area contributed by atoms with Gasteiger partial charge in [0, 0.05) is 11.6 Å². The Hall–Kier alpha value is -0.960. The smallest absolute Gasteiger partial charge is 0.197 e. The fourth-order valence-corrected chi connectivity index (χ4v) is 4.98. The van der Waals surface area contributed by atoms with Crippen LogP contribution in [0, 0.1) is 11.3 Å². The van der Waals surface area contributed by atoms with E-state index in [1.807, 2.05) is 0 Å². The van der Waals surface area contributed by atoms with Crippen LogP contribution in [0.5, 0.6) is 0 Å². The molecule has 0 amide bonds. The number of halogens is 1. The second kappa shape index (κ2) is 5.30. The molecule has 3 nitrogen and oxygen atoms in total. The summed E-state index contributed by atoms with van der Waals surface area (Å²) in [5.41, 5.74) is 3.15. The maximum Gasteiger partial charge on any atom is 0.197 e. The molecule has 0 aromatic heterocycles. The number of allylic oxidation sites excluding steroid dienone is 1. The molecule has 2 saturated carbocycles. The Balaban J connectivity index is 1.66. The first-order valence-corrected chi connectivity index (χ1v) is 9.21. The van der Waals surface area contributed by atoms with Gasteiger partial charge in [-0.3, -0.25) is 0 Å². The predicted molar refractivity (Wildman–Crippen MR) is 91.8 cm³/mol. The molecule has 0 radical (unpaired) electrons. The van der Waals surface area contributed by atoms with Gasteiger partial charge in [-0.25, -0.2) is 4.99 Å². The Morgan fingerprint density at radius 2 is 2.14 bits per heavy atom. The van der Waals surface area contributed by atoms with Crippen molar-refractivity contribution >= 4 is 16.9 Å². The molecule has 0 aromatic carbocycles. The van der Waals surface area contributed by atoms with Crippen molar-refractivity contribution in [3.8, 4) is 0 Å². The van der Waals surface area contributed by atoms with Crippen LogP contribution in [0.2, 0.25) is 0 Å². The maximum absolute atomic E-state index is 6.31. The van der Waals surface area contributed by atoms with E-state index in [1.54, 1.807) is 0 Å². The zero-order valence-electron chi connectivity index (χ0n) is 13.6. The summed E-state index contributed by atoms with van der Waals surface area (Å²) in [6, 6.07) is 0.835. The Bertz CT molecular complexity index is 571. The Kier molecular flexibility index (Phi) is 3.52. The number of hydrogen-bond acceptors (Lipinski definition) is 3. The molecule has 0 aromatic rings. The third kappa shape index (κ3) is 2.29. The number of nitrogens with one attached hydrogen (secondary N) is 2. The lowest BCUT2D eigenvalue weighted by Gasteiger charge is -2.35. The highest BCUT2D eigenvalue weighted by Gasteiger charge is 2.59. The standard InChI is InChI=1S/C18H26ClN3/c1-3-18-9-11(2)14-15(13(18)10-18)21-17(19)22-16(14)20-12-7-5-4-6-8-12/h9,12-13,15,20H,3-8,10H2,1-2H3,(H,21,22). The Labute approximate surface area is 138 Å². The van der Waals surface area contributed by atoms with E-state index in [0.29, 0.717) is 22.7 Å². The second-order valence-electron chi connectivity index (χ2n) is 7.48. The summed E-state index contributed by atoms with van der Waals surface area (Å²) < 4.78 is 0. The number of hydrogen-bond donors (Lipinski definition) is 2. The van der Waals surface area contributed by atoms with Gasteiger partial charge < -0.3 is 10.6 Å². The molecule has 1 heterocycles. The largest absolute Gasteiger partial charge is 0.369 e. The molecule has 4 heteroatoms. The van der Waals surface area contributed by atoms with Crippen LogP contribution in [0.15, 0.2) is 28.0 Å². The molecule has 0 spiro atoms. The van der Waals surface area contributed by atoms with E-state index < -0.39 is 0 Å². The number of nitrogens with zero attached hydrogens (tertiary/aromatic N) is 1. The van der Waals surface area contributed by atoms with Gasteiger partial charge in [0.25, 0.3) is 0 Å². The van der Waals surface area contributed by atoms with Crippen LogP contribution in [-0.4, -0.2) is 17.4 Å². The van der Waals surface area contributed by atoms with Gasteiger partial charge >= 0.3 is 0 Å². The number of amidine groups is 1. The summed E-state index contributed by atoms with van der Waals surface area (Å²) in [5.74, 6) is 1.78. The summed E-state index contributed by atoms with van der Waals surface area (Å²) in [5, 5.41) is 7.61. The topological polar surface area (TPSA) is 36.4 Å². The van der Waals surface area contributed by atoms with Crippen LogP contribution >= 0.6 is 11.6 Å². The van der Waals surface area contributed by atoms with E-state index in [0.717, 1.165) is 5.82 Å². The van der Waals surface area contributed by atoms with E-state index in [9.17, 15) is 0 Å². The van der Waals surface area contributed by atoms with Crippen molar-refractivity contribution in [1.82, 2.24) is 10.6 Å². The lowest BCUT2D eigenvalue weighted by atomic mass is 9.81. The van der Waals surface area contributed by atoms with Crippen LogP contribution in [0.3, 0.4) is 0 Å². The Morgan fingerprint density at radius 3 is 2.86 bits per heavy atom. The minimum Gasteiger partial charge on any atom is -0.369 e. The summed E-state index contributed by atoms with van der Waals surface area (Å²) in [6.07, 6.45) is 11.6. The van der Waals surface area contributed by atoms with Crippen molar-refractivity contribution in [2.45, 2.75) is 70.9 Å². The van der Waals surface area contributed by atoms with Crippen molar-refractivity contribution in [3.63, 3.8) is 0 Å². The summed E-state index contributed by atoms with van der Waals surface area (Å²) in [7, 11) is 0. The van der Waals surface area contributed by atoms with Crippen molar-refractivity contribution in [3.05, 3.63) is 23.0 Å². The Morgan fingerprint density at radius 1 is 1.36 bits per heavy atom. The molecule has 0 saturated heterocycles. The molecular formula is C18H26ClN3. The summed E-state index contributed by atoms with van der Waals surface area (Å²) >= 11 is 6.31. The number of aliphatic imine (C=N–C) groups is 1. The van der Waals surface area contributed by atoms with Crippen molar-refractivity contribution in [2.24, 2.45) is 16.3 Å². The van der Waals surface area contributed by atoms with Gasteiger partial charge in [0.05, 0.1) is 6.04 Å². The van der Waals surface area contributed by atoms with Gasteiger partial charge in [-0.2, -0.15) is 0 Å². The van der Waals surface area contributed by atoms with Crippen molar-refractivity contribution in [1.29, 1.82) is 0 Å². The first-order chi connectivity index (χ1) is 10.6. The highest BCUT2D eigenvalue weighted by Crippen LogP contribution is 2.64. The normalized spacial score (nSPS) is 37.6. The highest BCUT2D eigenvalue weighted by molar-refractivity contribution is 6.65. The summed E-state index contributed by atoms with van der Waals surface area (Å²) in [4.78, 5) is 4.75. The van der Waals surface area contributed by atoms with Gasteiger partial charge in [0.2, 0.25) is 0 Å². The monoisotopic (exact) mass is 319 g/mol. The van der Waals surface area contributed by atoms with E-state index >= 15 is 0 Å². The minimum absolute atomic E-state index is 0.254. The minimum atomic E-state index is 0.254. The van der Waals surface area contributed by atoms with Crippen molar-refractivity contribution in [2.75, 3.05) is 0 Å². The van der Waals surface area contributed by atoms with Crippen molar-refractivity contribution < 1.29 is 0 Å². The lowest BCUT2D eigenvalue weighted by Crippen LogP contribution is -2.43. The third-order valence-electron chi connectivity index (χ3n) is 6.15. The van der Waals surface area contributed by atoms with E-state index in [1.165, 1.54) is 56.1 Å². The molecule has 3 unspecified atom stereocenters. The zero-order chi connectivity index (χ0) is 15.3. The SMILES string of the molecule is CCC12C=C(C)C3=C(NC4CCCCC4)NC(Cl)=NC3C1C2. The molecule has 2 fully saturated rings. The second-order valence-corrected chi connectivity index (χ2v) is 7.84. The van der Waals surface area contributed by atoms with Gasteiger partial charge in [0.15, 0.2) is 5.29 Å². The zero-order valence-corrected chi connectivity index (χ0v) is 14.3. The van der Waals surface area contributed by atoms with Crippen LogP contribution in [-0.2, 0) is 0 Å². The fourth-order valence-electron chi connectivity index (χ4n) is 4.78. The predicted octanol–water partition coefficient (Wildman–Crippen LogP) is 4.06. The number of rotatable bonds is 3. The van der Waals surface area contributed by atoms with Gasteiger partial charge in [0.1, 0.15) is 5.82 Å². The van der Waals surface area contributed by atoms with E-state index in [-0.39, 0.29) is 6.04 Å².